The quantitative estimate of drug-likeness (QED) is 0.939. The summed E-state index contributed by atoms with van der Waals surface area (Å²) in [6.07, 6.45) is 4.79. The van der Waals surface area contributed by atoms with Crippen molar-refractivity contribution in [1.82, 2.24) is 4.98 Å². The average molecular weight is 297 g/mol. The maximum atomic E-state index is 10.9. The molecule has 2 rings (SSSR count). The van der Waals surface area contributed by atoms with E-state index in [1.54, 1.807) is 12.1 Å². The zero-order chi connectivity index (χ0) is 16.1. The Hall–Kier alpha value is -2.82. The van der Waals surface area contributed by atoms with Crippen molar-refractivity contribution in [3.63, 3.8) is 0 Å². The third kappa shape index (κ3) is 3.85. The fraction of sp³-hybridized carbons (Fsp3) is 0.176. The van der Waals surface area contributed by atoms with Crippen molar-refractivity contribution >= 4 is 29.8 Å². The first kappa shape index (κ1) is 15.6. The molecule has 0 atom stereocenters. The van der Waals surface area contributed by atoms with Crippen LogP contribution in [0.15, 0.2) is 42.6 Å². The minimum atomic E-state index is -0.977. The van der Waals surface area contributed by atoms with E-state index in [0.717, 1.165) is 16.9 Å². The molecule has 0 saturated heterocycles. The van der Waals surface area contributed by atoms with E-state index in [-0.39, 0.29) is 0 Å². The van der Waals surface area contributed by atoms with E-state index in [2.05, 4.69) is 4.98 Å². The number of hydrogen-bond acceptors (Lipinski definition) is 3. The number of carboxylic acid groups (broad SMARTS) is 1. The second kappa shape index (κ2) is 6.76. The smallest absolute Gasteiger partial charge is 0.411 e. The number of hydrogen-bond donors (Lipinski definition) is 1. The van der Waals surface area contributed by atoms with E-state index in [1.807, 2.05) is 61.6 Å². The minimum absolute atomic E-state index is 0.640. The second-order valence-electron chi connectivity index (χ2n) is 5.11. The highest BCUT2D eigenvalue weighted by Gasteiger charge is 2.06. The van der Waals surface area contributed by atoms with Gasteiger partial charge in [0.25, 0.3) is 0 Å². The Labute approximate surface area is 130 Å². The lowest BCUT2D eigenvalue weighted by Gasteiger charge is -2.12. The Morgan fingerprint density at radius 1 is 1.00 bits per heavy atom. The SMILES string of the molecule is CN(C)c1ccc(/C=C/c2ccc(N(C)C(=O)O)cc2)cn1. The lowest BCUT2D eigenvalue weighted by atomic mass is 10.1. The first-order chi connectivity index (χ1) is 10.5. The highest BCUT2D eigenvalue weighted by molar-refractivity contribution is 5.85. The first-order valence-corrected chi connectivity index (χ1v) is 6.85. The fourth-order valence-electron chi connectivity index (χ4n) is 1.87. The third-order valence-electron chi connectivity index (χ3n) is 3.26. The molecule has 1 amide bonds. The second-order valence-corrected chi connectivity index (χ2v) is 5.11. The zero-order valence-electron chi connectivity index (χ0n) is 12.9. The molecule has 0 bridgehead atoms. The third-order valence-corrected chi connectivity index (χ3v) is 3.26. The molecule has 5 nitrogen and oxygen atoms in total. The number of nitrogens with zero attached hydrogens (tertiary/aromatic N) is 3. The van der Waals surface area contributed by atoms with Gasteiger partial charge in [-0.25, -0.2) is 9.78 Å². The molecule has 0 aliphatic heterocycles. The molecule has 1 heterocycles. The van der Waals surface area contributed by atoms with Crippen LogP contribution in [0.25, 0.3) is 12.2 Å². The topological polar surface area (TPSA) is 56.7 Å². The normalized spacial score (nSPS) is 10.7. The Morgan fingerprint density at radius 2 is 1.59 bits per heavy atom. The van der Waals surface area contributed by atoms with Crippen molar-refractivity contribution < 1.29 is 9.90 Å². The molecular weight excluding hydrogens is 278 g/mol. The van der Waals surface area contributed by atoms with E-state index < -0.39 is 6.09 Å². The molecule has 1 aromatic heterocycles. The molecule has 5 heteroatoms. The summed E-state index contributed by atoms with van der Waals surface area (Å²) in [4.78, 5) is 18.3. The number of aromatic nitrogens is 1. The molecule has 22 heavy (non-hydrogen) atoms. The zero-order valence-corrected chi connectivity index (χ0v) is 12.9. The fourth-order valence-corrected chi connectivity index (χ4v) is 1.87. The van der Waals surface area contributed by atoms with Crippen LogP contribution in [-0.2, 0) is 0 Å². The summed E-state index contributed by atoms with van der Waals surface area (Å²) in [5.41, 5.74) is 2.65. The Kier molecular flexibility index (Phi) is 4.78. The van der Waals surface area contributed by atoms with Crippen molar-refractivity contribution in [2.45, 2.75) is 0 Å². The van der Waals surface area contributed by atoms with Gasteiger partial charge in [0.15, 0.2) is 0 Å². The minimum Gasteiger partial charge on any atom is -0.465 e. The molecule has 114 valence electrons. The van der Waals surface area contributed by atoms with Crippen LogP contribution in [0, 0.1) is 0 Å². The molecule has 0 saturated carbocycles. The van der Waals surface area contributed by atoms with E-state index >= 15 is 0 Å². The first-order valence-electron chi connectivity index (χ1n) is 6.85. The molecule has 0 radical (unpaired) electrons. The highest BCUT2D eigenvalue weighted by Crippen LogP contribution is 2.16. The summed E-state index contributed by atoms with van der Waals surface area (Å²) < 4.78 is 0. The van der Waals surface area contributed by atoms with Gasteiger partial charge in [-0.05, 0) is 35.4 Å². The maximum Gasteiger partial charge on any atom is 0.411 e. The van der Waals surface area contributed by atoms with Gasteiger partial charge in [0.05, 0.1) is 0 Å². The lowest BCUT2D eigenvalue weighted by molar-refractivity contribution is 0.203. The number of benzene rings is 1. The maximum absolute atomic E-state index is 10.9. The molecule has 0 fully saturated rings. The molecule has 1 aromatic carbocycles. The van der Waals surface area contributed by atoms with Crippen LogP contribution >= 0.6 is 0 Å². The molecular formula is C17H19N3O2. The number of rotatable bonds is 4. The van der Waals surface area contributed by atoms with Crippen LogP contribution in [0.4, 0.5) is 16.3 Å². The van der Waals surface area contributed by atoms with E-state index in [9.17, 15) is 4.79 Å². The van der Waals surface area contributed by atoms with Gasteiger partial charge in [0, 0.05) is 33.0 Å². The summed E-state index contributed by atoms with van der Waals surface area (Å²) in [6, 6.07) is 11.3. The predicted molar refractivity (Wildman–Crippen MR) is 90.4 cm³/mol. The molecule has 0 aliphatic carbocycles. The summed E-state index contributed by atoms with van der Waals surface area (Å²) >= 11 is 0. The van der Waals surface area contributed by atoms with Crippen LogP contribution in [0.2, 0.25) is 0 Å². The standard InChI is InChI=1S/C17H19N3O2/c1-19(2)16-11-8-14(12-18-16)5-4-13-6-9-15(10-7-13)20(3)17(21)22/h4-12H,1-3H3,(H,21,22)/b5-4+. The van der Waals surface area contributed by atoms with E-state index in [1.165, 1.54) is 11.9 Å². The molecule has 0 unspecified atom stereocenters. The van der Waals surface area contributed by atoms with Crippen molar-refractivity contribution in [3.8, 4) is 0 Å². The van der Waals surface area contributed by atoms with Crippen molar-refractivity contribution in [2.75, 3.05) is 30.9 Å². The number of pyridine rings is 1. The molecule has 0 aliphatic rings. The van der Waals surface area contributed by atoms with Crippen molar-refractivity contribution in [2.24, 2.45) is 0 Å². The van der Waals surface area contributed by atoms with Crippen molar-refractivity contribution in [3.05, 3.63) is 53.7 Å². The summed E-state index contributed by atoms with van der Waals surface area (Å²) in [5, 5.41) is 8.92. The molecule has 1 N–H and O–H groups in total. The van der Waals surface area contributed by atoms with Crippen LogP contribution in [0.5, 0.6) is 0 Å². The largest absolute Gasteiger partial charge is 0.465 e. The number of anilines is 2. The van der Waals surface area contributed by atoms with Gasteiger partial charge >= 0.3 is 6.09 Å². The highest BCUT2D eigenvalue weighted by atomic mass is 16.4. The van der Waals surface area contributed by atoms with Gasteiger partial charge in [-0.3, -0.25) is 4.90 Å². The van der Waals surface area contributed by atoms with Crippen LogP contribution < -0.4 is 9.80 Å². The Balaban J connectivity index is 2.08. The van der Waals surface area contributed by atoms with Crippen LogP contribution in [0.1, 0.15) is 11.1 Å². The van der Waals surface area contributed by atoms with Crippen molar-refractivity contribution in [1.29, 1.82) is 0 Å². The summed E-state index contributed by atoms with van der Waals surface area (Å²) in [6.45, 7) is 0. The average Bonchev–Trinajstić information content (AvgIpc) is 2.53. The number of carbonyl (C=O) groups is 1. The van der Waals surface area contributed by atoms with Crippen LogP contribution in [0.3, 0.4) is 0 Å². The van der Waals surface area contributed by atoms with E-state index in [0.29, 0.717) is 5.69 Å². The van der Waals surface area contributed by atoms with Gasteiger partial charge in [-0.15, -0.1) is 0 Å². The Bertz CT molecular complexity index is 661. The summed E-state index contributed by atoms with van der Waals surface area (Å²) in [7, 11) is 5.42. The van der Waals surface area contributed by atoms with Crippen LogP contribution in [-0.4, -0.2) is 37.3 Å². The lowest BCUT2D eigenvalue weighted by Crippen LogP contribution is -2.23. The molecule has 0 spiro atoms. The summed E-state index contributed by atoms with van der Waals surface area (Å²) in [5.74, 6) is 0.915. The molecule has 2 aromatic rings. The van der Waals surface area contributed by atoms with Gasteiger partial charge in [0.1, 0.15) is 5.82 Å². The van der Waals surface area contributed by atoms with E-state index in [4.69, 9.17) is 5.11 Å². The number of amides is 1. The Morgan fingerprint density at radius 3 is 2.09 bits per heavy atom. The van der Waals surface area contributed by atoms with Gasteiger partial charge in [-0.1, -0.05) is 24.3 Å². The van der Waals surface area contributed by atoms with Gasteiger partial charge in [-0.2, -0.15) is 0 Å². The monoisotopic (exact) mass is 297 g/mol. The predicted octanol–water partition coefficient (Wildman–Crippen LogP) is 3.43. The van der Waals surface area contributed by atoms with Gasteiger partial charge < -0.3 is 10.0 Å². The van der Waals surface area contributed by atoms with Gasteiger partial charge in [0.2, 0.25) is 0 Å².